The summed E-state index contributed by atoms with van der Waals surface area (Å²) < 4.78 is 0. The highest BCUT2D eigenvalue weighted by atomic mass is 16.2. The number of unbranched alkanes of at least 4 members (excludes halogenated alkanes) is 3. The van der Waals surface area contributed by atoms with Gasteiger partial charge < -0.3 is 15.3 Å². The minimum Gasteiger partial charge on any atom is -0.396 e. The van der Waals surface area contributed by atoms with Crippen molar-refractivity contribution in [3.05, 3.63) is 18.5 Å². The lowest BCUT2D eigenvalue weighted by atomic mass is 10.2. The van der Waals surface area contributed by atoms with E-state index in [1.807, 2.05) is 4.90 Å². The Kier molecular flexibility index (Phi) is 6.40. The monoisotopic (exact) mass is 292 g/mol. The summed E-state index contributed by atoms with van der Waals surface area (Å²) >= 11 is 0. The van der Waals surface area contributed by atoms with Gasteiger partial charge in [0, 0.05) is 32.1 Å². The van der Waals surface area contributed by atoms with Gasteiger partial charge in [0.2, 0.25) is 11.9 Å². The van der Waals surface area contributed by atoms with Crippen LogP contribution in [0, 0.1) is 0 Å². The van der Waals surface area contributed by atoms with Crippen LogP contribution in [0.5, 0.6) is 0 Å². The molecular weight excluding hydrogens is 268 g/mol. The molecule has 1 atom stereocenters. The molecule has 0 aliphatic carbocycles. The van der Waals surface area contributed by atoms with E-state index in [0.717, 1.165) is 45.1 Å². The third-order valence-corrected chi connectivity index (χ3v) is 3.75. The lowest BCUT2D eigenvalue weighted by Gasteiger charge is -2.23. The Balaban J connectivity index is 1.76. The van der Waals surface area contributed by atoms with Crippen LogP contribution in [0.2, 0.25) is 0 Å². The van der Waals surface area contributed by atoms with Crippen LogP contribution >= 0.6 is 0 Å². The number of aliphatic hydroxyl groups is 1. The molecule has 1 aromatic heterocycles. The Morgan fingerprint density at radius 3 is 2.81 bits per heavy atom. The number of nitrogens with one attached hydrogen (secondary N) is 1. The number of nitrogens with zero attached hydrogens (tertiary/aromatic N) is 3. The van der Waals surface area contributed by atoms with Crippen molar-refractivity contribution in [2.45, 2.75) is 44.6 Å². The number of hydrogen-bond acceptors (Lipinski definition) is 5. The lowest BCUT2D eigenvalue weighted by Crippen LogP contribution is -2.44. The van der Waals surface area contributed by atoms with E-state index in [-0.39, 0.29) is 18.6 Å². The van der Waals surface area contributed by atoms with Gasteiger partial charge in [-0.25, -0.2) is 9.97 Å². The number of hydrogen-bond donors (Lipinski definition) is 2. The molecule has 6 nitrogen and oxygen atoms in total. The Hall–Kier alpha value is -1.69. The highest BCUT2D eigenvalue weighted by Gasteiger charge is 2.31. The first kappa shape index (κ1) is 15.7. The van der Waals surface area contributed by atoms with Crippen LogP contribution in [0.15, 0.2) is 18.5 Å². The van der Waals surface area contributed by atoms with E-state index in [1.165, 1.54) is 0 Å². The van der Waals surface area contributed by atoms with Crippen molar-refractivity contribution in [3.63, 3.8) is 0 Å². The van der Waals surface area contributed by atoms with E-state index >= 15 is 0 Å². The van der Waals surface area contributed by atoms with Crippen molar-refractivity contribution in [2.75, 3.05) is 24.6 Å². The topological polar surface area (TPSA) is 78.4 Å². The molecule has 1 aliphatic rings. The number of anilines is 1. The molecule has 1 amide bonds. The van der Waals surface area contributed by atoms with Gasteiger partial charge in [-0.2, -0.15) is 0 Å². The molecule has 0 bridgehead atoms. The molecule has 1 fully saturated rings. The maximum atomic E-state index is 12.3. The lowest BCUT2D eigenvalue weighted by molar-refractivity contribution is -0.122. The number of carbonyl (C=O) groups excluding carboxylic acids is 1. The van der Waals surface area contributed by atoms with Crippen molar-refractivity contribution in [2.24, 2.45) is 0 Å². The number of aliphatic hydroxyl groups excluding tert-OH is 1. The van der Waals surface area contributed by atoms with Crippen LogP contribution in [0.25, 0.3) is 0 Å². The molecule has 1 saturated heterocycles. The van der Waals surface area contributed by atoms with Gasteiger partial charge in [0.15, 0.2) is 0 Å². The number of amides is 1. The summed E-state index contributed by atoms with van der Waals surface area (Å²) in [5.41, 5.74) is 0. The zero-order valence-electron chi connectivity index (χ0n) is 12.4. The summed E-state index contributed by atoms with van der Waals surface area (Å²) in [5.74, 6) is 0.709. The van der Waals surface area contributed by atoms with E-state index in [2.05, 4.69) is 15.3 Å². The predicted molar refractivity (Wildman–Crippen MR) is 81.0 cm³/mol. The van der Waals surface area contributed by atoms with Gasteiger partial charge in [0.25, 0.3) is 0 Å². The predicted octanol–water partition coefficient (Wildman–Crippen LogP) is 1.11. The summed E-state index contributed by atoms with van der Waals surface area (Å²) in [5, 5.41) is 11.7. The van der Waals surface area contributed by atoms with Gasteiger partial charge >= 0.3 is 0 Å². The van der Waals surface area contributed by atoms with Crippen LogP contribution in [-0.4, -0.2) is 46.7 Å². The molecule has 116 valence electrons. The molecular formula is C15H24N4O2. The fraction of sp³-hybridized carbons (Fsp3) is 0.667. The van der Waals surface area contributed by atoms with Crippen LogP contribution in [0.3, 0.4) is 0 Å². The van der Waals surface area contributed by atoms with Crippen molar-refractivity contribution in [3.8, 4) is 0 Å². The molecule has 1 unspecified atom stereocenters. The molecule has 0 radical (unpaired) electrons. The smallest absolute Gasteiger partial charge is 0.242 e. The highest BCUT2D eigenvalue weighted by Crippen LogP contribution is 2.21. The quantitative estimate of drug-likeness (QED) is 0.702. The van der Waals surface area contributed by atoms with E-state index in [0.29, 0.717) is 12.5 Å². The first-order valence-electron chi connectivity index (χ1n) is 7.75. The normalized spacial score (nSPS) is 18.0. The highest BCUT2D eigenvalue weighted by molar-refractivity contribution is 5.85. The SMILES string of the molecule is O=C(NCCCCCCO)C1CCCN1c1ncccn1. The third-order valence-electron chi connectivity index (χ3n) is 3.75. The second-order valence-corrected chi connectivity index (χ2v) is 5.33. The van der Waals surface area contributed by atoms with E-state index < -0.39 is 0 Å². The minimum absolute atomic E-state index is 0.0714. The second kappa shape index (κ2) is 8.56. The maximum Gasteiger partial charge on any atom is 0.242 e. The zero-order valence-corrected chi connectivity index (χ0v) is 12.4. The van der Waals surface area contributed by atoms with Gasteiger partial charge in [-0.3, -0.25) is 4.79 Å². The summed E-state index contributed by atoms with van der Waals surface area (Å²) in [6.07, 6.45) is 9.11. The summed E-state index contributed by atoms with van der Waals surface area (Å²) in [6.45, 7) is 1.78. The molecule has 1 aliphatic heterocycles. The van der Waals surface area contributed by atoms with Gasteiger partial charge in [-0.05, 0) is 31.7 Å². The standard InChI is InChI=1S/C15H24N4O2/c20-12-4-2-1-3-8-16-14(21)13-7-5-11-19(13)15-17-9-6-10-18-15/h6,9-10,13,20H,1-5,7-8,11-12H2,(H,16,21). The molecule has 0 aromatic carbocycles. The molecule has 2 rings (SSSR count). The van der Waals surface area contributed by atoms with Crippen LogP contribution in [0.1, 0.15) is 38.5 Å². The average Bonchev–Trinajstić information content (AvgIpc) is 3.01. The minimum atomic E-state index is -0.148. The summed E-state index contributed by atoms with van der Waals surface area (Å²) in [6, 6.07) is 1.63. The molecule has 0 saturated carbocycles. The van der Waals surface area contributed by atoms with Crippen molar-refractivity contribution in [1.29, 1.82) is 0 Å². The van der Waals surface area contributed by atoms with Crippen LogP contribution < -0.4 is 10.2 Å². The van der Waals surface area contributed by atoms with Gasteiger partial charge in [-0.1, -0.05) is 12.8 Å². The van der Waals surface area contributed by atoms with Crippen LogP contribution in [-0.2, 0) is 4.79 Å². The van der Waals surface area contributed by atoms with Gasteiger partial charge in [0.1, 0.15) is 6.04 Å². The van der Waals surface area contributed by atoms with Crippen molar-refractivity contribution in [1.82, 2.24) is 15.3 Å². The fourth-order valence-corrected chi connectivity index (χ4v) is 2.64. The number of rotatable bonds is 8. The molecule has 2 N–H and O–H groups in total. The molecule has 2 heterocycles. The molecule has 21 heavy (non-hydrogen) atoms. The molecule has 0 spiro atoms. The van der Waals surface area contributed by atoms with E-state index in [9.17, 15) is 4.79 Å². The fourth-order valence-electron chi connectivity index (χ4n) is 2.64. The number of carbonyl (C=O) groups is 1. The number of aromatic nitrogens is 2. The Labute approximate surface area is 125 Å². The zero-order chi connectivity index (χ0) is 14.9. The average molecular weight is 292 g/mol. The Morgan fingerprint density at radius 1 is 1.29 bits per heavy atom. The van der Waals surface area contributed by atoms with Crippen LogP contribution in [0.4, 0.5) is 5.95 Å². The first-order chi connectivity index (χ1) is 10.3. The second-order valence-electron chi connectivity index (χ2n) is 5.33. The molecule has 1 aromatic rings. The van der Waals surface area contributed by atoms with E-state index in [1.54, 1.807) is 18.5 Å². The van der Waals surface area contributed by atoms with Crippen molar-refractivity contribution < 1.29 is 9.90 Å². The van der Waals surface area contributed by atoms with Crippen molar-refractivity contribution >= 4 is 11.9 Å². The Morgan fingerprint density at radius 2 is 2.05 bits per heavy atom. The third kappa shape index (κ3) is 4.67. The Bertz CT molecular complexity index is 427. The largest absolute Gasteiger partial charge is 0.396 e. The van der Waals surface area contributed by atoms with E-state index in [4.69, 9.17) is 5.11 Å². The summed E-state index contributed by atoms with van der Waals surface area (Å²) in [7, 11) is 0. The first-order valence-corrected chi connectivity index (χ1v) is 7.75. The van der Waals surface area contributed by atoms with Gasteiger partial charge in [-0.15, -0.1) is 0 Å². The maximum absolute atomic E-state index is 12.3. The summed E-state index contributed by atoms with van der Waals surface area (Å²) in [4.78, 5) is 22.7. The van der Waals surface area contributed by atoms with Gasteiger partial charge in [0.05, 0.1) is 0 Å². The molecule has 6 heteroatoms.